The third-order valence-corrected chi connectivity index (χ3v) is 3.12. The molecule has 0 saturated heterocycles. The second-order valence-electron chi connectivity index (χ2n) is 4.07. The van der Waals surface area contributed by atoms with Crippen LogP contribution in [0.5, 0.6) is 0 Å². The first-order valence-corrected chi connectivity index (χ1v) is 7.24. The number of halogens is 1. The Balaban J connectivity index is 2.34. The molecule has 0 saturated carbocycles. The molecule has 6 heteroatoms. The molecule has 0 amide bonds. The molecule has 1 N–H and O–H groups in total. The number of esters is 2. The number of rotatable bonds is 7. The van der Waals surface area contributed by atoms with Gasteiger partial charge in [0.2, 0.25) is 0 Å². The van der Waals surface area contributed by atoms with Crippen LogP contribution < -0.4 is 5.32 Å². The van der Waals surface area contributed by atoms with Crippen LogP contribution in [0, 0.1) is 0 Å². The van der Waals surface area contributed by atoms with Gasteiger partial charge in [-0.05, 0) is 35.3 Å². The van der Waals surface area contributed by atoms with Crippen molar-refractivity contribution in [2.75, 3.05) is 13.2 Å². The van der Waals surface area contributed by atoms with Gasteiger partial charge in [-0.15, -0.1) is 0 Å². The minimum Gasteiger partial charge on any atom is -0.463 e. The number of carbonyl (C=O) groups is 2. The van der Waals surface area contributed by atoms with Crippen LogP contribution >= 0.6 is 15.9 Å². The molecule has 0 heterocycles. The Hall–Kier alpha value is -1.40. The van der Waals surface area contributed by atoms with Crippen molar-refractivity contribution in [1.82, 2.24) is 5.32 Å². The zero-order chi connectivity index (χ0) is 15.0. The number of ether oxygens (including phenoxy) is 2. The van der Waals surface area contributed by atoms with E-state index in [1.54, 1.807) is 6.92 Å². The molecule has 0 bridgehead atoms. The molecule has 0 aliphatic carbocycles. The quantitative estimate of drug-likeness (QED) is 0.607. The third-order valence-electron chi connectivity index (χ3n) is 2.56. The predicted octanol–water partition coefficient (Wildman–Crippen LogP) is 2.16. The Morgan fingerprint density at radius 3 is 2.55 bits per heavy atom. The molecule has 0 spiro atoms. The molecule has 0 radical (unpaired) electrons. The van der Waals surface area contributed by atoms with Gasteiger partial charge in [-0.1, -0.05) is 30.3 Å². The lowest BCUT2D eigenvalue weighted by atomic mass is 10.1. The summed E-state index contributed by atoms with van der Waals surface area (Å²) in [6, 6.07) is 9.74. The van der Waals surface area contributed by atoms with Gasteiger partial charge in [0, 0.05) is 6.04 Å². The monoisotopic (exact) mass is 343 g/mol. The highest BCUT2D eigenvalue weighted by Crippen LogP contribution is 2.11. The summed E-state index contributed by atoms with van der Waals surface area (Å²) in [7, 11) is 0. The molecule has 0 aliphatic rings. The van der Waals surface area contributed by atoms with E-state index in [1.165, 1.54) is 0 Å². The molecule has 1 aromatic carbocycles. The van der Waals surface area contributed by atoms with Gasteiger partial charge in [-0.25, -0.2) is 4.79 Å². The normalized spacial score (nSPS) is 13.3. The zero-order valence-corrected chi connectivity index (χ0v) is 13.1. The van der Waals surface area contributed by atoms with Gasteiger partial charge in [-0.3, -0.25) is 4.79 Å². The molecule has 0 aliphatic heterocycles. The van der Waals surface area contributed by atoms with E-state index in [0.717, 1.165) is 5.56 Å². The van der Waals surface area contributed by atoms with Gasteiger partial charge in [0.1, 0.15) is 0 Å². The van der Waals surface area contributed by atoms with E-state index in [2.05, 4.69) is 21.2 Å². The first-order valence-electron chi connectivity index (χ1n) is 6.33. The van der Waals surface area contributed by atoms with Crippen LogP contribution in [0.4, 0.5) is 0 Å². The molecule has 20 heavy (non-hydrogen) atoms. The molecular weight excluding hydrogens is 326 g/mol. The summed E-state index contributed by atoms with van der Waals surface area (Å²) < 4.78 is 9.61. The van der Waals surface area contributed by atoms with Crippen molar-refractivity contribution in [3.05, 3.63) is 35.9 Å². The summed E-state index contributed by atoms with van der Waals surface area (Å²) in [4.78, 5) is 22.8. The average Bonchev–Trinajstić information content (AvgIpc) is 2.45. The first kappa shape index (κ1) is 16.7. The summed E-state index contributed by atoms with van der Waals surface area (Å²) in [6.07, 6.45) is 0. The van der Waals surface area contributed by atoms with Gasteiger partial charge in [0.15, 0.2) is 0 Å². The highest BCUT2D eigenvalue weighted by Gasteiger charge is 2.20. The van der Waals surface area contributed by atoms with E-state index in [0.29, 0.717) is 0 Å². The maximum Gasteiger partial charge on any atom is 0.358 e. The highest BCUT2D eigenvalue weighted by atomic mass is 79.9. The number of carbonyl (C=O) groups excluding carboxylic acids is 2. The maximum absolute atomic E-state index is 11.6. The second-order valence-corrected chi connectivity index (χ2v) is 4.90. The average molecular weight is 344 g/mol. The fourth-order valence-electron chi connectivity index (χ4n) is 1.51. The minimum absolute atomic E-state index is 0.0115. The van der Waals surface area contributed by atoms with Crippen molar-refractivity contribution >= 4 is 27.9 Å². The van der Waals surface area contributed by atoms with Crippen molar-refractivity contribution in [1.29, 1.82) is 0 Å². The number of alkyl halides is 1. The van der Waals surface area contributed by atoms with E-state index in [1.807, 2.05) is 37.3 Å². The summed E-state index contributed by atoms with van der Waals surface area (Å²) >= 11 is 2.95. The van der Waals surface area contributed by atoms with Crippen molar-refractivity contribution in [2.45, 2.75) is 24.9 Å². The van der Waals surface area contributed by atoms with E-state index in [9.17, 15) is 9.59 Å². The largest absolute Gasteiger partial charge is 0.463 e. The first-order chi connectivity index (χ1) is 9.54. The molecule has 2 atom stereocenters. The molecule has 1 rings (SSSR count). The van der Waals surface area contributed by atoms with Crippen LogP contribution in [-0.2, 0) is 19.1 Å². The van der Waals surface area contributed by atoms with Gasteiger partial charge >= 0.3 is 11.9 Å². The molecule has 0 fully saturated rings. The van der Waals surface area contributed by atoms with E-state index in [-0.39, 0.29) is 19.2 Å². The zero-order valence-electron chi connectivity index (χ0n) is 11.5. The summed E-state index contributed by atoms with van der Waals surface area (Å²) in [6.45, 7) is 3.88. The lowest BCUT2D eigenvalue weighted by molar-refractivity contribution is -0.160. The number of hydrogen-bond donors (Lipinski definition) is 1. The van der Waals surface area contributed by atoms with Gasteiger partial charge in [0.25, 0.3) is 5.01 Å². The second kappa shape index (κ2) is 8.71. The molecule has 0 aromatic heterocycles. The fraction of sp³-hybridized carbons (Fsp3) is 0.429. The lowest BCUT2D eigenvalue weighted by Gasteiger charge is -2.15. The van der Waals surface area contributed by atoms with Crippen molar-refractivity contribution < 1.29 is 19.1 Å². The fourth-order valence-corrected chi connectivity index (χ4v) is 1.85. The molecule has 1 aromatic rings. The smallest absolute Gasteiger partial charge is 0.358 e. The third kappa shape index (κ3) is 5.71. The minimum atomic E-state index is -1.07. The number of nitrogens with one attached hydrogen (secondary N) is 1. The summed E-state index contributed by atoms with van der Waals surface area (Å²) in [5, 5.41) is 1.96. The van der Waals surface area contributed by atoms with Crippen LogP contribution in [0.1, 0.15) is 25.5 Å². The maximum atomic E-state index is 11.6. The van der Waals surface area contributed by atoms with Crippen LogP contribution in [-0.4, -0.2) is 30.1 Å². The van der Waals surface area contributed by atoms with Crippen molar-refractivity contribution in [2.24, 2.45) is 0 Å². The van der Waals surface area contributed by atoms with Gasteiger partial charge < -0.3 is 14.8 Å². The lowest BCUT2D eigenvalue weighted by Crippen LogP contribution is -2.31. The van der Waals surface area contributed by atoms with Gasteiger partial charge in [0.05, 0.1) is 13.2 Å². The molecule has 110 valence electrons. The number of benzene rings is 1. The Morgan fingerprint density at radius 1 is 1.30 bits per heavy atom. The Morgan fingerprint density at radius 2 is 1.95 bits per heavy atom. The number of hydrogen-bond acceptors (Lipinski definition) is 5. The summed E-state index contributed by atoms with van der Waals surface area (Å²) in [5.41, 5.74) is 1.07. The Labute approximate surface area is 126 Å². The molecular formula is C14H18BrNO4. The Kier molecular flexibility index (Phi) is 7.25. The van der Waals surface area contributed by atoms with E-state index >= 15 is 0 Å². The SMILES string of the molecule is CCOC(=O)C(Br)OC(=O)CNC(C)c1ccccc1. The molecule has 2 unspecified atom stereocenters. The molecule has 5 nitrogen and oxygen atoms in total. The van der Waals surface area contributed by atoms with Crippen LogP contribution in [0.25, 0.3) is 0 Å². The predicted molar refractivity (Wildman–Crippen MR) is 78.3 cm³/mol. The highest BCUT2D eigenvalue weighted by molar-refractivity contribution is 9.09. The topological polar surface area (TPSA) is 64.6 Å². The van der Waals surface area contributed by atoms with Crippen LogP contribution in [0.3, 0.4) is 0 Å². The van der Waals surface area contributed by atoms with Crippen molar-refractivity contribution in [3.8, 4) is 0 Å². The van der Waals surface area contributed by atoms with E-state index in [4.69, 9.17) is 9.47 Å². The van der Waals surface area contributed by atoms with Crippen LogP contribution in [0.15, 0.2) is 30.3 Å². The summed E-state index contributed by atoms with van der Waals surface area (Å²) in [5.74, 6) is -1.14. The Bertz CT molecular complexity index is 438. The standard InChI is InChI=1S/C14H18BrNO4/c1-3-19-14(18)13(15)20-12(17)9-16-10(2)11-7-5-4-6-8-11/h4-8,10,13,16H,3,9H2,1-2H3. The van der Waals surface area contributed by atoms with Gasteiger partial charge in [-0.2, -0.15) is 0 Å². The van der Waals surface area contributed by atoms with E-state index < -0.39 is 17.0 Å². The van der Waals surface area contributed by atoms with Crippen molar-refractivity contribution in [3.63, 3.8) is 0 Å². The van der Waals surface area contributed by atoms with Crippen LogP contribution in [0.2, 0.25) is 0 Å².